The molecule has 1 amide bonds. The third-order valence-electron chi connectivity index (χ3n) is 4.02. The molecule has 0 saturated heterocycles. The lowest BCUT2D eigenvalue weighted by atomic mass is 10.2. The van der Waals surface area contributed by atoms with Crippen molar-refractivity contribution in [2.45, 2.75) is 13.0 Å². The second-order valence-corrected chi connectivity index (χ2v) is 6.44. The molecule has 3 rings (SSSR count). The smallest absolute Gasteiger partial charge is 0.338 e. The molecule has 2 aromatic rings. The normalized spacial score (nSPS) is 12.6. The first-order valence-electron chi connectivity index (χ1n) is 8.72. The van der Waals surface area contributed by atoms with Gasteiger partial charge in [-0.3, -0.25) is 4.79 Å². The molecule has 1 aliphatic heterocycles. The molecule has 1 heterocycles. The van der Waals surface area contributed by atoms with Crippen LogP contribution in [0.5, 0.6) is 17.2 Å². The van der Waals surface area contributed by atoms with Crippen LogP contribution in [0.4, 0.5) is 0 Å². The largest absolute Gasteiger partial charge is 0.497 e. The lowest BCUT2D eigenvalue weighted by Crippen LogP contribution is -2.28. The summed E-state index contributed by atoms with van der Waals surface area (Å²) >= 11 is 6.16. The van der Waals surface area contributed by atoms with Crippen LogP contribution in [0.1, 0.15) is 22.3 Å². The number of carbonyl (C=O) groups is 2. The Bertz CT molecular complexity index is 853. The summed E-state index contributed by atoms with van der Waals surface area (Å²) < 4.78 is 21.2. The maximum Gasteiger partial charge on any atom is 0.338 e. The number of nitrogens with one attached hydrogen (secondary N) is 1. The van der Waals surface area contributed by atoms with Gasteiger partial charge in [0, 0.05) is 13.0 Å². The summed E-state index contributed by atoms with van der Waals surface area (Å²) in [6, 6.07) is 10.2. The summed E-state index contributed by atoms with van der Waals surface area (Å²) in [5.74, 6) is 0.452. The van der Waals surface area contributed by atoms with E-state index in [4.69, 9.17) is 30.5 Å². The molecule has 0 bridgehead atoms. The fourth-order valence-corrected chi connectivity index (χ4v) is 2.82. The Morgan fingerprint density at radius 2 is 1.89 bits per heavy atom. The summed E-state index contributed by atoms with van der Waals surface area (Å²) in [5, 5.41) is 2.94. The van der Waals surface area contributed by atoms with Crippen molar-refractivity contribution in [1.82, 2.24) is 5.32 Å². The van der Waals surface area contributed by atoms with Crippen LogP contribution in [0.3, 0.4) is 0 Å². The average molecular weight is 406 g/mol. The molecule has 0 spiro atoms. The molecule has 0 fully saturated rings. The molecule has 0 unspecified atom stereocenters. The van der Waals surface area contributed by atoms with Gasteiger partial charge in [-0.05, 0) is 29.8 Å². The number of carbonyl (C=O) groups excluding carboxylic acids is 2. The quantitative estimate of drug-likeness (QED) is 0.744. The average Bonchev–Trinajstić information content (AvgIpc) is 2.96. The van der Waals surface area contributed by atoms with Gasteiger partial charge >= 0.3 is 5.97 Å². The molecule has 0 saturated carbocycles. The molecule has 28 heavy (non-hydrogen) atoms. The highest BCUT2D eigenvalue weighted by molar-refractivity contribution is 6.32. The number of hydrogen-bond acceptors (Lipinski definition) is 6. The highest BCUT2D eigenvalue weighted by Crippen LogP contribution is 2.38. The molecule has 1 N–H and O–H groups in total. The molecule has 0 radical (unpaired) electrons. The van der Waals surface area contributed by atoms with Gasteiger partial charge in [0.15, 0.2) is 18.1 Å². The van der Waals surface area contributed by atoms with Crippen LogP contribution in [-0.2, 0) is 16.1 Å². The molecule has 0 atom stereocenters. The lowest BCUT2D eigenvalue weighted by molar-refractivity contribution is -0.124. The number of rotatable bonds is 6. The van der Waals surface area contributed by atoms with Crippen molar-refractivity contribution in [3.63, 3.8) is 0 Å². The Labute approximate surface area is 167 Å². The van der Waals surface area contributed by atoms with Crippen molar-refractivity contribution >= 4 is 23.5 Å². The number of methoxy groups -OCH3 is 1. The van der Waals surface area contributed by atoms with E-state index in [-0.39, 0.29) is 10.6 Å². The predicted octanol–water partition coefficient (Wildman–Crippen LogP) is 2.98. The zero-order valence-electron chi connectivity index (χ0n) is 15.3. The van der Waals surface area contributed by atoms with Crippen molar-refractivity contribution < 1.29 is 28.5 Å². The molecule has 0 aromatic heterocycles. The van der Waals surface area contributed by atoms with Crippen LogP contribution in [0.2, 0.25) is 5.02 Å². The van der Waals surface area contributed by atoms with Crippen molar-refractivity contribution in [2.24, 2.45) is 0 Å². The zero-order valence-corrected chi connectivity index (χ0v) is 16.1. The van der Waals surface area contributed by atoms with Gasteiger partial charge in [-0.25, -0.2) is 4.79 Å². The Morgan fingerprint density at radius 3 is 2.64 bits per heavy atom. The van der Waals surface area contributed by atoms with Gasteiger partial charge in [0.1, 0.15) is 5.75 Å². The number of halogens is 1. The summed E-state index contributed by atoms with van der Waals surface area (Å²) in [4.78, 5) is 24.2. The maximum atomic E-state index is 12.2. The Kier molecular flexibility index (Phi) is 6.60. The summed E-state index contributed by atoms with van der Waals surface area (Å²) in [6.07, 6.45) is 0.721. The first-order valence-corrected chi connectivity index (χ1v) is 9.10. The van der Waals surface area contributed by atoms with E-state index in [9.17, 15) is 9.59 Å². The topological polar surface area (TPSA) is 83.1 Å². The van der Waals surface area contributed by atoms with Crippen molar-refractivity contribution in [1.29, 1.82) is 0 Å². The van der Waals surface area contributed by atoms with Crippen LogP contribution < -0.4 is 19.5 Å². The number of hydrogen-bond donors (Lipinski definition) is 1. The molecular formula is C20H20ClNO6. The van der Waals surface area contributed by atoms with Crippen LogP contribution in [0.25, 0.3) is 0 Å². The zero-order chi connectivity index (χ0) is 19.9. The second-order valence-electron chi connectivity index (χ2n) is 6.04. The van der Waals surface area contributed by atoms with E-state index < -0.39 is 18.5 Å². The minimum atomic E-state index is -0.669. The van der Waals surface area contributed by atoms with Crippen molar-refractivity contribution in [2.75, 3.05) is 26.9 Å². The predicted molar refractivity (Wildman–Crippen MR) is 102 cm³/mol. The van der Waals surface area contributed by atoms with Crippen molar-refractivity contribution in [3.8, 4) is 17.2 Å². The van der Waals surface area contributed by atoms with Gasteiger partial charge in [-0.2, -0.15) is 0 Å². The molecule has 2 aromatic carbocycles. The Morgan fingerprint density at radius 1 is 1.14 bits per heavy atom. The lowest BCUT2D eigenvalue weighted by Gasteiger charge is -2.11. The van der Waals surface area contributed by atoms with Crippen molar-refractivity contribution in [3.05, 3.63) is 52.5 Å². The highest BCUT2D eigenvalue weighted by Gasteiger charge is 2.19. The van der Waals surface area contributed by atoms with E-state index in [1.54, 1.807) is 19.2 Å². The van der Waals surface area contributed by atoms with E-state index >= 15 is 0 Å². The van der Waals surface area contributed by atoms with Crippen LogP contribution in [0, 0.1) is 0 Å². The number of amides is 1. The van der Waals surface area contributed by atoms with Gasteiger partial charge in [0.25, 0.3) is 5.91 Å². The van der Waals surface area contributed by atoms with Gasteiger partial charge in [-0.1, -0.05) is 23.7 Å². The van der Waals surface area contributed by atoms with Crippen LogP contribution in [0.15, 0.2) is 36.4 Å². The number of esters is 1. The van der Waals surface area contributed by atoms with E-state index in [0.717, 1.165) is 17.7 Å². The van der Waals surface area contributed by atoms with E-state index in [0.29, 0.717) is 31.3 Å². The Hall–Kier alpha value is -2.93. The second kappa shape index (κ2) is 9.32. The van der Waals surface area contributed by atoms with Gasteiger partial charge in [0.2, 0.25) is 0 Å². The van der Waals surface area contributed by atoms with Crippen LogP contribution in [-0.4, -0.2) is 38.8 Å². The molecule has 0 aliphatic carbocycles. The summed E-state index contributed by atoms with van der Waals surface area (Å²) in [5.41, 5.74) is 1.09. The number of fused-ring (bicyclic) bond motifs is 1. The molecule has 1 aliphatic rings. The standard InChI is InChI=1S/C20H20ClNO6/c1-25-15-5-3-13(4-6-15)11-22-18(23)12-28-20(24)14-9-16(21)19-17(10-14)26-7-2-8-27-19/h3-6,9-10H,2,7-8,11-12H2,1H3,(H,22,23). The molecule has 8 heteroatoms. The number of ether oxygens (including phenoxy) is 4. The third-order valence-corrected chi connectivity index (χ3v) is 4.30. The summed E-state index contributed by atoms with van der Waals surface area (Å²) in [6.45, 7) is 0.873. The summed E-state index contributed by atoms with van der Waals surface area (Å²) in [7, 11) is 1.58. The first-order chi connectivity index (χ1) is 13.6. The monoisotopic (exact) mass is 405 g/mol. The van der Waals surface area contributed by atoms with Gasteiger partial charge in [-0.15, -0.1) is 0 Å². The highest BCUT2D eigenvalue weighted by atomic mass is 35.5. The maximum absolute atomic E-state index is 12.2. The number of benzene rings is 2. The first kappa shape index (κ1) is 19.8. The van der Waals surface area contributed by atoms with E-state index in [1.165, 1.54) is 12.1 Å². The fraction of sp³-hybridized carbons (Fsp3) is 0.300. The minimum Gasteiger partial charge on any atom is -0.497 e. The van der Waals surface area contributed by atoms with E-state index in [1.807, 2.05) is 12.1 Å². The molecule has 148 valence electrons. The third kappa shape index (κ3) is 5.07. The molecule has 7 nitrogen and oxygen atoms in total. The SMILES string of the molecule is COc1ccc(CNC(=O)COC(=O)c2cc(Cl)c3c(c2)OCCCO3)cc1. The Balaban J connectivity index is 1.52. The van der Waals surface area contributed by atoms with Crippen LogP contribution >= 0.6 is 11.6 Å². The van der Waals surface area contributed by atoms with Gasteiger partial charge < -0.3 is 24.3 Å². The van der Waals surface area contributed by atoms with E-state index in [2.05, 4.69) is 5.32 Å². The fourth-order valence-electron chi connectivity index (χ4n) is 2.56. The van der Waals surface area contributed by atoms with Gasteiger partial charge in [0.05, 0.1) is 30.9 Å². The minimum absolute atomic E-state index is 0.192. The molecular weight excluding hydrogens is 386 g/mol.